The summed E-state index contributed by atoms with van der Waals surface area (Å²) in [6.45, 7) is 2.10. The lowest BCUT2D eigenvalue weighted by Crippen LogP contribution is -2.18. The number of para-hydroxylation sites is 1. The average Bonchev–Trinajstić information content (AvgIpc) is 2.38. The Morgan fingerprint density at radius 2 is 2.21 bits per heavy atom. The Balaban J connectivity index is 2.28. The van der Waals surface area contributed by atoms with Crippen LogP contribution in [0, 0.1) is 0 Å². The van der Waals surface area contributed by atoms with E-state index in [0.29, 0.717) is 17.3 Å². The molecule has 0 saturated carbocycles. The van der Waals surface area contributed by atoms with Crippen molar-refractivity contribution in [2.24, 2.45) is 5.73 Å². The van der Waals surface area contributed by atoms with Gasteiger partial charge in [0.05, 0.1) is 18.5 Å². The highest BCUT2D eigenvalue weighted by Crippen LogP contribution is 2.26. The third kappa shape index (κ3) is 3.22. The molecule has 0 radical (unpaired) electrons. The molecule has 1 heterocycles. The number of halogens is 1. The van der Waals surface area contributed by atoms with Crippen molar-refractivity contribution in [1.82, 2.24) is 4.98 Å². The molecule has 0 bridgehead atoms. The highest BCUT2D eigenvalue weighted by Gasteiger charge is 2.16. The molecule has 0 saturated heterocycles. The minimum atomic E-state index is -0.511. The van der Waals surface area contributed by atoms with Gasteiger partial charge in [0.1, 0.15) is 5.15 Å². The molecule has 0 aliphatic rings. The second kappa shape index (κ2) is 5.99. The maximum absolute atomic E-state index is 11.4. The zero-order valence-corrected chi connectivity index (χ0v) is 11.4. The van der Waals surface area contributed by atoms with Crippen LogP contribution in [0.2, 0.25) is 5.15 Å². The fourth-order valence-corrected chi connectivity index (χ4v) is 2.16. The third-order valence-electron chi connectivity index (χ3n) is 2.80. The first kappa shape index (κ1) is 13.8. The van der Waals surface area contributed by atoms with Crippen molar-refractivity contribution >= 4 is 28.5 Å². The zero-order valence-electron chi connectivity index (χ0n) is 10.6. The summed E-state index contributed by atoms with van der Waals surface area (Å²) in [6.07, 6.45) is 0.0909. The van der Waals surface area contributed by atoms with Gasteiger partial charge in [-0.25, -0.2) is 4.98 Å². The summed E-state index contributed by atoms with van der Waals surface area (Å²) in [5.41, 5.74) is 7.46. The molecular formula is C14H15ClN2O2. The van der Waals surface area contributed by atoms with Crippen LogP contribution in [0.3, 0.4) is 0 Å². The van der Waals surface area contributed by atoms with Crippen LogP contribution in [0.1, 0.15) is 24.9 Å². The van der Waals surface area contributed by atoms with Gasteiger partial charge in [-0.15, -0.1) is 0 Å². The number of nitrogens with zero attached hydrogens (tertiary/aromatic N) is 1. The van der Waals surface area contributed by atoms with Crippen LogP contribution in [-0.4, -0.2) is 17.6 Å². The van der Waals surface area contributed by atoms with Gasteiger partial charge in [0.15, 0.2) is 0 Å². The molecular weight excluding hydrogens is 264 g/mol. The number of hydrogen-bond donors (Lipinski definition) is 1. The number of rotatable bonds is 4. The molecule has 0 amide bonds. The second-order valence-electron chi connectivity index (χ2n) is 4.18. The number of carbonyl (C=O) groups is 1. The number of ether oxygens (including phenoxy) is 1. The summed E-state index contributed by atoms with van der Waals surface area (Å²) in [7, 11) is 0. The molecule has 2 aromatic rings. The van der Waals surface area contributed by atoms with Crippen molar-refractivity contribution in [2.45, 2.75) is 19.4 Å². The zero-order chi connectivity index (χ0) is 13.8. The van der Waals surface area contributed by atoms with E-state index in [1.54, 1.807) is 6.92 Å². The maximum atomic E-state index is 11.4. The molecule has 19 heavy (non-hydrogen) atoms. The normalized spacial score (nSPS) is 12.4. The smallest absolute Gasteiger partial charge is 0.307 e. The molecule has 2 rings (SSSR count). The number of hydrogen-bond acceptors (Lipinski definition) is 4. The van der Waals surface area contributed by atoms with Gasteiger partial charge >= 0.3 is 5.97 Å². The number of benzene rings is 1. The van der Waals surface area contributed by atoms with E-state index in [1.165, 1.54) is 0 Å². The molecule has 100 valence electrons. The number of fused-ring (bicyclic) bond motifs is 1. The Labute approximate surface area is 116 Å². The van der Waals surface area contributed by atoms with Gasteiger partial charge in [0.2, 0.25) is 0 Å². The van der Waals surface area contributed by atoms with E-state index >= 15 is 0 Å². The highest BCUT2D eigenvalue weighted by molar-refractivity contribution is 6.30. The van der Waals surface area contributed by atoms with Gasteiger partial charge in [0, 0.05) is 17.0 Å². The van der Waals surface area contributed by atoms with E-state index in [4.69, 9.17) is 22.1 Å². The molecule has 5 heteroatoms. The molecule has 2 N–H and O–H groups in total. The molecule has 1 aromatic carbocycles. The maximum Gasteiger partial charge on any atom is 0.307 e. The van der Waals surface area contributed by atoms with Crippen LogP contribution in [0.25, 0.3) is 10.9 Å². The first-order valence-electron chi connectivity index (χ1n) is 6.08. The Hall–Kier alpha value is -1.65. The van der Waals surface area contributed by atoms with Crippen LogP contribution in [0.5, 0.6) is 0 Å². The first-order valence-corrected chi connectivity index (χ1v) is 6.46. The van der Waals surface area contributed by atoms with Crippen molar-refractivity contribution in [3.05, 3.63) is 41.0 Å². The lowest BCUT2D eigenvalue weighted by molar-refractivity contribution is -0.143. The predicted molar refractivity (Wildman–Crippen MR) is 74.9 cm³/mol. The summed E-state index contributed by atoms with van der Waals surface area (Å²) in [5, 5.41) is 1.27. The average molecular weight is 279 g/mol. The monoisotopic (exact) mass is 278 g/mol. The standard InChI is InChI=1S/C14H15ClN2O2/c1-2-19-13(18)8-11(16)10-7-9-5-3-4-6-12(9)17-14(10)15/h3-7,11H,2,8,16H2,1H3/t11-/m0/s1. The SMILES string of the molecule is CCOC(=O)C[C@H](N)c1cc2ccccc2nc1Cl. The molecule has 0 unspecified atom stereocenters. The molecule has 1 aromatic heterocycles. The van der Waals surface area contributed by atoms with E-state index in [0.717, 1.165) is 10.9 Å². The molecule has 4 nitrogen and oxygen atoms in total. The third-order valence-corrected chi connectivity index (χ3v) is 3.10. The number of nitrogens with two attached hydrogens (primary N) is 1. The number of carbonyl (C=O) groups excluding carboxylic acids is 1. The largest absolute Gasteiger partial charge is 0.466 e. The predicted octanol–water partition coefficient (Wildman–Crippen LogP) is 2.84. The summed E-state index contributed by atoms with van der Waals surface area (Å²) in [5.74, 6) is -0.334. The van der Waals surface area contributed by atoms with E-state index in [9.17, 15) is 4.79 Å². The summed E-state index contributed by atoms with van der Waals surface area (Å²) >= 11 is 6.12. The molecule has 0 aliphatic heterocycles. The minimum absolute atomic E-state index is 0.0909. The lowest BCUT2D eigenvalue weighted by Gasteiger charge is -2.13. The quantitative estimate of drug-likeness (QED) is 0.690. The Bertz CT molecular complexity index is 601. The fourth-order valence-electron chi connectivity index (χ4n) is 1.88. The second-order valence-corrected chi connectivity index (χ2v) is 4.53. The van der Waals surface area contributed by atoms with Gasteiger partial charge in [-0.1, -0.05) is 29.8 Å². The van der Waals surface area contributed by atoms with Crippen molar-refractivity contribution in [3.8, 4) is 0 Å². The van der Waals surface area contributed by atoms with Crippen LogP contribution in [-0.2, 0) is 9.53 Å². The number of pyridine rings is 1. The Morgan fingerprint density at radius 1 is 1.47 bits per heavy atom. The van der Waals surface area contributed by atoms with Crippen molar-refractivity contribution in [3.63, 3.8) is 0 Å². The molecule has 0 aliphatic carbocycles. The van der Waals surface area contributed by atoms with Crippen molar-refractivity contribution < 1.29 is 9.53 Å². The Morgan fingerprint density at radius 3 is 2.95 bits per heavy atom. The number of aromatic nitrogens is 1. The summed E-state index contributed by atoms with van der Waals surface area (Å²) < 4.78 is 4.88. The van der Waals surface area contributed by atoms with Gasteiger partial charge in [-0.05, 0) is 19.1 Å². The van der Waals surface area contributed by atoms with E-state index < -0.39 is 6.04 Å². The van der Waals surface area contributed by atoms with Gasteiger partial charge in [-0.3, -0.25) is 4.79 Å². The highest BCUT2D eigenvalue weighted by atomic mass is 35.5. The first-order chi connectivity index (χ1) is 9.11. The molecule has 0 fully saturated rings. The van der Waals surface area contributed by atoms with Crippen LogP contribution < -0.4 is 5.73 Å². The molecule has 1 atom stereocenters. The topological polar surface area (TPSA) is 65.2 Å². The van der Waals surface area contributed by atoms with Crippen LogP contribution >= 0.6 is 11.6 Å². The van der Waals surface area contributed by atoms with E-state index in [-0.39, 0.29) is 12.4 Å². The molecule has 0 spiro atoms. The van der Waals surface area contributed by atoms with Gasteiger partial charge in [0.25, 0.3) is 0 Å². The lowest BCUT2D eigenvalue weighted by atomic mass is 10.0. The minimum Gasteiger partial charge on any atom is -0.466 e. The van der Waals surface area contributed by atoms with Crippen LogP contribution in [0.15, 0.2) is 30.3 Å². The van der Waals surface area contributed by atoms with Gasteiger partial charge < -0.3 is 10.5 Å². The summed E-state index contributed by atoms with van der Waals surface area (Å²) in [6, 6.07) is 8.97. The van der Waals surface area contributed by atoms with Gasteiger partial charge in [-0.2, -0.15) is 0 Å². The number of esters is 1. The van der Waals surface area contributed by atoms with Crippen LogP contribution in [0.4, 0.5) is 0 Å². The fraction of sp³-hybridized carbons (Fsp3) is 0.286. The summed E-state index contributed by atoms with van der Waals surface area (Å²) in [4.78, 5) is 15.7. The van der Waals surface area contributed by atoms with Crippen molar-refractivity contribution in [2.75, 3.05) is 6.61 Å². The Kier molecular flexibility index (Phi) is 4.35. The van der Waals surface area contributed by atoms with E-state index in [1.807, 2.05) is 30.3 Å². The van der Waals surface area contributed by atoms with Crippen molar-refractivity contribution in [1.29, 1.82) is 0 Å². The van der Waals surface area contributed by atoms with E-state index in [2.05, 4.69) is 4.98 Å².